The SMILES string of the molecule is FC(F)(F)c1cc(Oc2ccccc2)ncc1-c1nnc(-c2ccccc2Cl)o1. The Morgan fingerprint density at radius 3 is 2.21 bits per heavy atom. The van der Waals surface area contributed by atoms with Gasteiger partial charge in [-0.25, -0.2) is 4.98 Å². The van der Waals surface area contributed by atoms with Gasteiger partial charge in [0, 0.05) is 12.3 Å². The average molecular weight is 418 g/mol. The minimum Gasteiger partial charge on any atom is -0.439 e. The zero-order valence-corrected chi connectivity index (χ0v) is 15.3. The van der Waals surface area contributed by atoms with Gasteiger partial charge in [0.25, 0.3) is 0 Å². The number of halogens is 4. The van der Waals surface area contributed by atoms with Gasteiger partial charge in [-0.05, 0) is 24.3 Å². The van der Waals surface area contributed by atoms with Crippen molar-refractivity contribution in [1.29, 1.82) is 0 Å². The smallest absolute Gasteiger partial charge is 0.417 e. The van der Waals surface area contributed by atoms with Crippen LogP contribution in [-0.2, 0) is 6.18 Å². The molecule has 0 fully saturated rings. The Morgan fingerprint density at radius 2 is 1.52 bits per heavy atom. The molecular weight excluding hydrogens is 407 g/mol. The van der Waals surface area contributed by atoms with Crippen LogP contribution in [0.15, 0.2) is 71.3 Å². The van der Waals surface area contributed by atoms with E-state index in [2.05, 4.69) is 15.2 Å². The van der Waals surface area contributed by atoms with Crippen molar-refractivity contribution < 1.29 is 22.3 Å². The van der Waals surface area contributed by atoms with Crippen LogP contribution < -0.4 is 4.74 Å². The lowest BCUT2D eigenvalue weighted by Gasteiger charge is -2.12. The molecule has 2 heterocycles. The molecule has 5 nitrogen and oxygen atoms in total. The third-order valence-corrected chi connectivity index (χ3v) is 4.24. The number of ether oxygens (including phenoxy) is 1. The van der Waals surface area contributed by atoms with E-state index in [0.717, 1.165) is 12.3 Å². The van der Waals surface area contributed by atoms with Gasteiger partial charge in [0.15, 0.2) is 0 Å². The van der Waals surface area contributed by atoms with Crippen LogP contribution in [0.2, 0.25) is 5.02 Å². The highest BCUT2D eigenvalue weighted by molar-refractivity contribution is 6.33. The summed E-state index contributed by atoms with van der Waals surface area (Å²) in [7, 11) is 0. The highest BCUT2D eigenvalue weighted by atomic mass is 35.5. The van der Waals surface area contributed by atoms with Crippen molar-refractivity contribution in [3.63, 3.8) is 0 Å². The molecule has 29 heavy (non-hydrogen) atoms. The predicted molar refractivity (Wildman–Crippen MR) is 99.5 cm³/mol. The van der Waals surface area contributed by atoms with Gasteiger partial charge in [-0.1, -0.05) is 41.9 Å². The van der Waals surface area contributed by atoms with E-state index in [1.807, 2.05) is 0 Å². The molecule has 146 valence electrons. The quantitative estimate of drug-likeness (QED) is 0.392. The molecular formula is C20H11ClF3N3O2. The largest absolute Gasteiger partial charge is 0.439 e. The molecule has 4 rings (SSSR count). The molecule has 0 aliphatic rings. The monoisotopic (exact) mass is 417 g/mol. The standard InChI is InChI=1S/C20H11ClF3N3O2/c21-16-9-5-4-8-13(16)18-26-27-19(29-18)14-11-25-17(10-15(14)20(22,23)24)28-12-6-2-1-3-7-12/h1-11H. The zero-order valence-electron chi connectivity index (χ0n) is 14.5. The van der Waals surface area contributed by atoms with E-state index in [1.54, 1.807) is 54.6 Å². The first-order chi connectivity index (χ1) is 13.9. The van der Waals surface area contributed by atoms with Crippen LogP contribution in [0.1, 0.15) is 5.56 Å². The van der Waals surface area contributed by atoms with Crippen LogP contribution in [0.25, 0.3) is 22.9 Å². The Bertz CT molecular complexity index is 1150. The van der Waals surface area contributed by atoms with Crippen LogP contribution in [0.4, 0.5) is 13.2 Å². The van der Waals surface area contributed by atoms with E-state index in [1.165, 1.54) is 0 Å². The molecule has 2 aromatic heterocycles. The molecule has 0 atom stereocenters. The second kappa shape index (κ2) is 7.56. The minimum absolute atomic E-state index is 0.00309. The van der Waals surface area contributed by atoms with Crippen LogP contribution in [0, 0.1) is 0 Å². The maximum atomic E-state index is 13.7. The normalized spacial score (nSPS) is 11.4. The molecule has 0 saturated carbocycles. The number of benzene rings is 2. The molecule has 0 unspecified atom stereocenters. The van der Waals surface area contributed by atoms with E-state index < -0.39 is 11.7 Å². The van der Waals surface area contributed by atoms with Crippen molar-refractivity contribution in [2.24, 2.45) is 0 Å². The lowest BCUT2D eigenvalue weighted by atomic mass is 10.1. The molecule has 0 aliphatic heterocycles. The summed E-state index contributed by atoms with van der Waals surface area (Å²) in [5, 5.41) is 7.88. The van der Waals surface area contributed by atoms with Gasteiger partial charge in [-0.2, -0.15) is 13.2 Å². The van der Waals surface area contributed by atoms with Crippen LogP contribution in [0.5, 0.6) is 11.6 Å². The molecule has 0 saturated heterocycles. The molecule has 0 radical (unpaired) electrons. The highest BCUT2D eigenvalue weighted by Crippen LogP contribution is 2.39. The fraction of sp³-hybridized carbons (Fsp3) is 0.0500. The van der Waals surface area contributed by atoms with Crippen molar-refractivity contribution in [2.45, 2.75) is 6.18 Å². The Morgan fingerprint density at radius 1 is 0.862 bits per heavy atom. The number of alkyl halides is 3. The zero-order chi connectivity index (χ0) is 20.4. The van der Waals surface area contributed by atoms with Crippen molar-refractivity contribution in [1.82, 2.24) is 15.2 Å². The summed E-state index contributed by atoms with van der Waals surface area (Å²) >= 11 is 6.08. The van der Waals surface area contributed by atoms with Crippen molar-refractivity contribution in [3.8, 4) is 34.5 Å². The first-order valence-corrected chi connectivity index (χ1v) is 8.68. The highest BCUT2D eigenvalue weighted by Gasteiger charge is 2.36. The van der Waals surface area contributed by atoms with Crippen LogP contribution in [0.3, 0.4) is 0 Å². The first-order valence-electron chi connectivity index (χ1n) is 8.31. The van der Waals surface area contributed by atoms with Crippen LogP contribution in [-0.4, -0.2) is 15.2 Å². The lowest BCUT2D eigenvalue weighted by Crippen LogP contribution is -2.08. The summed E-state index contributed by atoms with van der Waals surface area (Å²) < 4.78 is 51.8. The molecule has 0 amide bonds. The van der Waals surface area contributed by atoms with Gasteiger partial charge in [-0.3, -0.25) is 0 Å². The number of rotatable bonds is 4. The minimum atomic E-state index is -4.69. The van der Waals surface area contributed by atoms with Crippen molar-refractivity contribution in [3.05, 3.63) is 77.4 Å². The van der Waals surface area contributed by atoms with E-state index >= 15 is 0 Å². The molecule has 0 spiro atoms. The van der Waals surface area contributed by atoms with Crippen molar-refractivity contribution >= 4 is 11.6 Å². The second-order valence-corrected chi connectivity index (χ2v) is 6.28. The Hall–Kier alpha value is -3.39. The first kappa shape index (κ1) is 18.9. The third kappa shape index (κ3) is 4.07. The van der Waals surface area contributed by atoms with Gasteiger partial charge in [0.05, 0.1) is 21.7 Å². The van der Waals surface area contributed by atoms with E-state index in [0.29, 0.717) is 16.3 Å². The number of aromatic nitrogens is 3. The topological polar surface area (TPSA) is 61.0 Å². The summed E-state index contributed by atoms with van der Waals surface area (Å²) in [6.45, 7) is 0. The van der Waals surface area contributed by atoms with Gasteiger partial charge < -0.3 is 9.15 Å². The van der Waals surface area contributed by atoms with Crippen LogP contribution >= 0.6 is 11.6 Å². The molecule has 4 aromatic rings. The van der Waals surface area contributed by atoms with E-state index in [9.17, 15) is 13.2 Å². The second-order valence-electron chi connectivity index (χ2n) is 5.87. The van der Waals surface area contributed by atoms with Gasteiger partial charge >= 0.3 is 6.18 Å². The average Bonchev–Trinajstić information content (AvgIpc) is 3.18. The molecule has 2 aromatic carbocycles. The Kier molecular flexibility index (Phi) is 4.94. The van der Waals surface area contributed by atoms with Gasteiger partial charge in [0.2, 0.25) is 17.7 Å². The summed E-state index contributed by atoms with van der Waals surface area (Å²) in [4.78, 5) is 3.95. The maximum Gasteiger partial charge on any atom is 0.417 e. The van der Waals surface area contributed by atoms with Gasteiger partial charge in [0.1, 0.15) is 5.75 Å². The summed E-state index contributed by atoms with van der Waals surface area (Å²) in [6.07, 6.45) is -3.70. The predicted octanol–water partition coefficient (Wildman–Crippen LogP) is 6.26. The number of para-hydroxylation sites is 1. The number of nitrogens with zero attached hydrogens (tertiary/aromatic N) is 3. The fourth-order valence-corrected chi connectivity index (χ4v) is 2.80. The van der Waals surface area contributed by atoms with Crippen molar-refractivity contribution in [2.75, 3.05) is 0 Å². The Labute approximate surface area is 167 Å². The van der Waals surface area contributed by atoms with E-state index in [-0.39, 0.29) is 23.2 Å². The molecule has 0 bridgehead atoms. The molecule has 9 heteroatoms. The maximum absolute atomic E-state index is 13.7. The Balaban J connectivity index is 1.73. The van der Waals surface area contributed by atoms with E-state index in [4.69, 9.17) is 20.8 Å². The fourth-order valence-electron chi connectivity index (χ4n) is 2.58. The molecule has 0 N–H and O–H groups in total. The summed E-state index contributed by atoms with van der Waals surface area (Å²) in [5.74, 6) is -0.174. The molecule has 0 aliphatic carbocycles. The number of hydrogen-bond donors (Lipinski definition) is 0. The van der Waals surface area contributed by atoms with Gasteiger partial charge in [-0.15, -0.1) is 10.2 Å². The lowest BCUT2D eigenvalue weighted by molar-refractivity contribution is -0.137. The number of hydrogen-bond acceptors (Lipinski definition) is 5. The summed E-state index contributed by atoms with van der Waals surface area (Å²) in [5.41, 5.74) is -0.949. The number of pyridine rings is 1. The third-order valence-electron chi connectivity index (χ3n) is 3.91. The summed E-state index contributed by atoms with van der Waals surface area (Å²) in [6, 6.07) is 15.8.